The lowest BCUT2D eigenvalue weighted by Crippen LogP contribution is -2.16. The minimum atomic E-state index is -3.83. The van der Waals surface area contributed by atoms with Crippen LogP contribution in [0.2, 0.25) is 0 Å². The molecule has 0 aromatic rings. The van der Waals surface area contributed by atoms with Crippen LogP contribution in [0.15, 0.2) is 0 Å². The molecule has 120 valence electrons. The maximum atomic E-state index is 11.8. The molecule has 20 heavy (non-hydrogen) atoms. The Morgan fingerprint density at radius 1 is 1.00 bits per heavy atom. The van der Waals surface area contributed by atoms with E-state index < -0.39 is 7.82 Å². The highest BCUT2D eigenvalue weighted by Crippen LogP contribution is 2.46. The molecule has 0 aromatic carbocycles. The summed E-state index contributed by atoms with van der Waals surface area (Å²) in [6.45, 7) is 2.53. The molecule has 4 nitrogen and oxygen atoms in total. The molecule has 0 bridgehead atoms. The number of unbranched alkanes of at least 4 members (excludes halogenated alkanes) is 6. The number of hydrogen-bond donors (Lipinski definition) is 1. The van der Waals surface area contributed by atoms with Crippen molar-refractivity contribution < 1.29 is 18.5 Å². The Bertz CT molecular complexity index is 277. The van der Waals surface area contributed by atoms with E-state index in [1.54, 1.807) is 0 Å². The van der Waals surface area contributed by atoms with Crippen LogP contribution >= 0.6 is 7.82 Å². The Kier molecular flexibility index (Phi) is 9.79. The Balaban J connectivity index is 2.00. The van der Waals surface area contributed by atoms with Crippen molar-refractivity contribution in [2.24, 2.45) is 0 Å². The average molecular weight is 306 g/mol. The number of phosphoric acid groups is 1. The van der Waals surface area contributed by atoms with Gasteiger partial charge in [-0.3, -0.25) is 9.05 Å². The van der Waals surface area contributed by atoms with Gasteiger partial charge in [-0.2, -0.15) is 0 Å². The van der Waals surface area contributed by atoms with E-state index in [1.165, 1.54) is 38.5 Å². The molecule has 0 saturated heterocycles. The molecule has 1 aliphatic rings. The van der Waals surface area contributed by atoms with E-state index >= 15 is 0 Å². The summed E-state index contributed by atoms with van der Waals surface area (Å²) >= 11 is 0. The van der Waals surface area contributed by atoms with Crippen LogP contribution in [0.1, 0.15) is 84.0 Å². The molecular formula is C15H31O4P. The van der Waals surface area contributed by atoms with Gasteiger partial charge < -0.3 is 4.89 Å². The molecule has 0 heterocycles. The first-order valence-corrected chi connectivity index (χ1v) is 9.79. The Labute approximate surface area is 123 Å². The van der Waals surface area contributed by atoms with Gasteiger partial charge in [0.1, 0.15) is 0 Å². The summed E-state index contributed by atoms with van der Waals surface area (Å²) in [5.74, 6) is 0. The largest absolute Gasteiger partial charge is 0.472 e. The lowest BCUT2D eigenvalue weighted by atomic mass is 9.98. The third-order valence-corrected chi connectivity index (χ3v) is 4.91. The zero-order valence-electron chi connectivity index (χ0n) is 12.9. The van der Waals surface area contributed by atoms with Crippen molar-refractivity contribution in [2.45, 2.75) is 90.1 Å². The average Bonchev–Trinajstić information content (AvgIpc) is 2.42. The quantitative estimate of drug-likeness (QED) is 0.421. The SMILES string of the molecule is CCCCCCCCCOP(=O)(O)OC1CCCCC1. The predicted octanol–water partition coefficient (Wildman–Crippen LogP) is 5.20. The second kappa shape index (κ2) is 10.8. The summed E-state index contributed by atoms with van der Waals surface area (Å²) < 4.78 is 22.0. The van der Waals surface area contributed by atoms with E-state index in [9.17, 15) is 9.46 Å². The van der Waals surface area contributed by atoms with Gasteiger partial charge in [0.15, 0.2) is 0 Å². The maximum Gasteiger partial charge on any atom is 0.472 e. The highest BCUT2D eigenvalue weighted by molar-refractivity contribution is 7.47. The lowest BCUT2D eigenvalue weighted by Gasteiger charge is -2.23. The van der Waals surface area contributed by atoms with Gasteiger partial charge in [0.2, 0.25) is 0 Å². The van der Waals surface area contributed by atoms with Gasteiger partial charge in [-0.05, 0) is 19.3 Å². The molecule has 1 atom stereocenters. The van der Waals surface area contributed by atoms with Crippen LogP contribution in [0, 0.1) is 0 Å². The van der Waals surface area contributed by atoms with Gasteiger partial charge in [-0.15, -0.1) is 0 Å². The zero-order chi connectivity index (χ0) is 14.7. The standard InChI is InChI=1S/C15H31O4P/c1-2-3-4-5-6-7-11-14-18-20(16,17)19-15-12-9-8-10-13-15/h15H,2-14H2,1H3,(H,16,17). The fourth-order valence-electron chi connectivity index (χ4n) is 2.63. The van der Waals surface area contributed by atoms with Gasteiger partial charge in [0.05, 0.1) is 12.7 Å². The van der Waals surface area contributed by atoms with Crippen molar-refractivity contribution in [3.05, 3.63) is 0 Å². The van der Waals surface area contributed by atoms with Gasteiger partial charge in [-0.25, -0.2) is 4.57 Å². The molecule has 1 unspecified atom stereocenters. The third kappa shape index (κ3) is 9.12. The number of hydrogen-bond acceptors (Lipinski definition) is 3. The van der Waals surface area contributed by atoms with Crippen LogP contribution < -0.4 is 0 Å². The summed E-state index contributed by atoms with van der Waals surface area (Å²) in [6.07, 6.45) is 13.2. The molecule has 1 N–H and O–H groups in total. The van der Waals surface area contributed by atoms with Crippen LogP contribution in [-0.4, -0.2) is 17.6 Å². The topological polar surface area (TPSA) is 55.8 Å². The minimum absolute atomic E-state index is 0.0892. The highest BCUT2D eigenvalue weighted by atomic mass is 31.2. The summed E-state index contributed by atoms with van der Waals surface area (Å²) in [4.78, 5) is 9.65. The molecular weight excluding hydrogens is 275 g/mol. The van der Waals surface area contributed by atoms with Crippen molar-refractivity contribution in [3.63, 3.8) is 0 Å². The van der Waals surface area contributed by atoms with Crippen LogP contribution in [0.3, 0.4) is 0 Å². The molecule has 0 aliphatic heterocycles. The van der Waals surface area contributed by atoms with Crippen LogP contribution in [0.5, 0.6) is 0 Å². The third-order valence-electron chi connectivity index (χ3n) is 3.84. The van der Waals surface area contributed by atoms with E-state index in [0.717, 1.165) is 38.5 Å². The first kappa shape index (κ1) is 18.2. The highest BCUT2D eigenvalue weighted by Gasteiger charge is 2.27. The molecule has 1 aliphatic carbocycles. The summed E-state index contributed by atoms with van der Waals surface area (Å²) in [7, 11) is -3.83. The van der Waals surface area contributed by atoms with Gasteiger partial charge in [0, 0.05) is 0 Å². The van der Waals surface area contributed by atoms with Crippen molar-refractivity contribution in [1.82, 2.24) is 0 Å². The molecule has 0 aromatic heterocycles. The second-order valence-corrected chi connectivity index (χ2v) is 7.19. The summed E-state index contributed by atoms with van der Waals surface area (Å²) in [6, 6.07) is 0. The van der Waals surface area contributed by atoms with E-state index in [2.05, 4.69) is 6.92 Å². The van der Waals surface area contributed by atoms with Gasteiger partial charge in [0.25, 0.3) is 0 Å². The molecule has 5 heteroatoms. The first-order chi connectivity index (χ1) is 9.64. The molecule has 0 spiro atoms. The summed E-state index contributed by atoms with van der Waals surface area (Å²) in [5.41, 5.74) is 0. The van der Waals surface area contributed by atoms with Crippen LogP contribution in [0.25, 0.3) is 0 Å². The van der Waals surface area contributed by atoms with Crippen molar-refractivity contribution in [1.29, 1.82) is 0 Å². The van der Waals surface area contributed by atoms with E-state index in [1.807, 2.05) is 0 Å². The Morgan fingerprint density at radius 3 is 2.25 bits per heavy atom. The van der Waals surface area contributed by atoms with Crippen LogP contribution in [-0.2, 0) is 13.6 Å². The van der Waals surface area contributed by atoms with Crippen molar-refractivity contribution >= 4 is 7.82 Å². The minimum Gasteiger partial charge on any atom is -0.302 e. The molecule has 1 saturated carbocycles. The fourth-order valence-corrected chi connectivity index (χ4v) is 3.64. The zero-order valence-corrected chi connectivity index (χ0v) is 13.8. The van der Waals surface area contributed by atoms with Crippen molar-refractivity contribution in [2.75, 3.05) is 6.61 Å². The molecule has 1 fully saturated rings. The smallest absolute Gasteiger partial charge is 0.302 e. The Morgan fingerprint density at radius 2 is 1.60 bits per heavy atom. The van der Waals surface area contributed by atoms with Gasteiger partial charge in [-0.1, -0.05) is 64.7 Å². The van der Waals surface area contributed by atoms with Crippen LogP contribution in [0.4, 0.5) is 0 Å². The normalized spacial score (nSPS) is 19.9. The molecule has 1 rings (SSSR count). The van der Waals surface area contributed by atoms with E-state index in [4.69, 9.17) is 9.05 Å². The fraction of sp³-hybridized carbons (Fsp3) is 1.00. The molecule has 0 amide bonds. The first-order valence-electron chi connectivity index (χ1n) is 8.30. The number of phosphoric ester groups is 1. The molecule has 0 radical (unpaired) electrons. The Hall–Kier alpha value is 0.110. The van der Waals surface area contributed by atoms with E-state index in [0.29, 0.717) is 6.61 Å². The van der Waals surface area contributed by atoms with E-state index in [-0.39, 0.29) is 6.10 Å². The van der Waals surface area contributed by atoms with Crippen molar-refractivity contribution in [3.8, 4) is 0 Å². The lowest BCUT2D eigenvalue weighted by molar-refractivity contribution is 0.0817. The number of rotatable bonds is 11. The van der Waals surface area contributed by atoms with Gasteiger partial charge >= 0.3 is 7.82 Å². The maximum absolute atomic E-state index is 11.8. The predicted molar refractivity (Wildman–Crippen MR) is 81.7 cm³/mol. The second-order valence-electron chi connectivity index (χ2n) is 5.79. The monoisotopic (exact) mass is 306 g/mol. The summed E-state index contributed by atoms with van der Waals surface area (Å²) in [5, 5.41) is 0.